The molecule has 2 heterocycles. The van der Waals surface area contributed by atoms with E-state index < -0.39 is 6.09 Å². The molecule has 0 unspecified atom stereocenters. The Balaban J connectivity index is 1.57. The molecule has 1 aliphatic heterocycles. The van der Waals surface area contributed by atoms with E-state index >= 15 is 0 Å². The second kappa shape index (κ2) is 8.15. The number of amides is 2. The van der Waals surface area contributed by atoms with Crippen molar-refractivity contribution in [3.05, 3.63) is 76.8 Å². The molecule has 0 bridgehead atoms. The van der Waals surface area contributed by atoms with E-state index in [0.717, 1.165) is 22.0 Å². The van der Waals surface area contributed by atoms with Crippen LogP contribution in [0.25, 0.3) is 17.0 Å². The van der Waals surface area contributed by atoms with Gasteiger partial charge in [-0.05, 0) is 53.2 Å². The quantitative estimate of drug-likeness (QED) is 0.572. The standard InChI is InChI=1S/C21H16N4O3S/c26-19-18(11-13-7-8-16-14(10-13)5-3-9-22-16)29-20(25-19)24-17-6-2-1-4-15(17)12-23-21(27)28/h1-11,23H,12H2,(H,27,28)(H,24,25,26). The Labute approximate surface area is 170 Å². The van der Waals surface area contributed by atoms with Gasteiger partial charge in [-0.3, -0.25) is 9.78 Å². The van der Waals surface area contributed by atoms with Crippen LogP contribution in [0.4, 0.5) is 10.5 Å². The molecule has 2 amide bonds. The number of pyridine rings is 1. The van der Waals surface area contributed by atoms with Gasteiger partial charge in [-0.15, -0.1) is 0 Å². The van der Waals surface area contributed by atoms with Gasteiger partial charge in [0, 0.05) is 18.1 Å². The number of aromatic nitrogens is 1. The summed E-state index contributed by atoms with van der Waals surface area (Å²) in [4.78, 5) is 32.4. The Bertz CT molecular complexity index is 1170. The highest BCUT2D eigenvalue weighted by molar-refractivity contribution is 8.18. The smallest absolute Gasteiger partial charge is 0.404 e. The largest absolute Gasteiger partial charge is 0.465 e. The van der Waals surface area contributed by atoms with Gasteiger partial charge in [0.25, 0.3) is 5.91 Å². The van der Waals surface area contributed by atoms with Gasteiger partial charge in [0.15, 0.2) is 5.17 Å². The van der Waals surface area contributed by atoms with Crippen molar-refractivity contribution in [3.8, 4) is 0 Å². The van der Waals surface area contributed by atoms with E-state index in [1.165, 1.54) is 11.8 Å². The van der Waals surface area contributed by atoms with Crippen LogP contribution in [-0.4, -0.2) is 27.3 Å². The number of carboxylic acid groups (broad SMARTS) is 1. The zero-order chi connectivity index (χ0) is 20.2. The summed E-state index contributed by atoms with van der Waals surface area (Å²) in [5, 5.41) is 15.3. The Morgan fingerprint density at radius 1 is 1.21 bits per heavy atom. The van der Waals surface area contributed by atoms with Gasteiger partial charge >= 0.3 is 6.09 Å². The maximum atomic E-state index is 12.4. The van der Waals surface area contributed by atoms with Gasteiger partial charge in [-0.2, -0.15) is 0 Å². The molecule has 7 nitrogen and oxygen atoms in total. The highest BCUT2D eigenvalue weighted by Crippen LogP contribution is 2.29. The first-order valence-corrected chi connectivity index (χ1v) is 9.59. The predicted molar refractivity (Wildman–Crippen MR) is 114 cm³/mol. The molecule has 144 valence electrons. The van der Waals surface area contributed by atoms with Crippen molar-refractivity contribution in [2.75, 3.05) is 0 Å². The van der Waals surface area contributed by atoms with Gasteiger partial charge in [0.05, 0.1) is 16.1 Å². The van der Waals surface area contributed by atoms with E-state index in [1.54, 1.807) is 18.3 Å². The van der Waals surface area contributed by atoms with Gasteiger partial charge in [0.1, 0.15) is 0 Å². The predicted octanol–water partition coefficient (Wildman–Crippen LogP) is 3.89. The fourth-order valence-electron chi connectivity index (χ4n) is 2.87. The van der Waals surface area contributed by atoms with Gasteiger partial charge in [0.2, 0.25) is 0 Å². The van der Waals surface area contributed by atoms with E-state index in [4.69, 9.17) is 5.11 Å². The Kier molecular flexibility index (Phi) is 5.26. The van der Waals surface area contributed by atoms with Gasteiger partial charge < -0.3 is 15.7 Å². The number of fused-ring (bicyclic) bond motifs is 1. The highest BCUT2D eigenvalue weighted by atomic mass is 32.2. The van der Waals surface area contributed by atoms with Crippen LogP contribution in [0, 0.1) is 0 Å². The molecule has 1 aromatic heterocycles. The maximum absolute atomic E-state index is 12.4. The van der Waals surface area contributed by atoms with Crippen molar-refractivity contribution in [1.82, 2.24) is 15.6 Å². The lowest BCUT2D eigenvalue weighted by Crippen LogP contribution is -2.21. The summed E-state index contributed by atoms with van der Waals surface area (Å²) in [7, 11) is 0. The second-order valence-electron chi connectivity index (χ2n) is 6.22. The van der Waals surface area contributed by atoms with Crippen LogP contribution < -0.4 is 10.6 Å². The zero-order valence-electron chi connectivity index (χ0n) is 15.1. The molecule has 0 saturated carbocycles. The van der Waals surface area contributed by atoms with Crippen molar-refractivity contribution in [1.29, 1.82) is 0 Å². The topological polar surface area (TPSA) is 104 Å². The summed E-state index contributed by atoms with van der Waals surface area (Å²) >= 11 is 1.25. The SMILES string of the molecule is O=C(O)NCc1ccccc1N=C1NC(=O)C(=Cc2ccc3ncccc3c2)S1. The van der Waals surface area contributed by atoms with E-state index in [1.807, 2.05) is 48.5 Å². The van der Waals surface area contributed by atoms with E-state index in [2.05, 4.69) is 20.6 Å². The van der Waals surface area contributed by atoms with Crippen molar-refractivity contribution in [3.63, 3.8) is 0 Å². The molecule has 1 saturated heterocycles. The van der Waals surface area contributed by atoms with E-state index in [-0.39, 0.29) is 12.5 Å². The highest BCUT2D eigenvalue weighted by Gasteiger charge is 2.24. The first-order chi connectivity index (χ1) is 14.1. The summed E-state index contributed by atoms with van der Waals surface area (Å²) in [5.41, 5.74) is 3.11. The molecule has 1 fully saturated rings. The normalized spacial score (nSPS) is 16.3. The number of para-hydroxylation sites is 1. The number of carbonyl (C=O) groups is 2. The molecule has 0 spiro atoms. The summed E-state index contributed by atoms with van der Waals surface area (Å²) in [6.45, 7) is 0.134. The first-order valence-electron chi connectivity index (χ1n) is 8.77. The second-order valence-corrected chi connectivity index (χ2v) is 7.26. The van der Waals surface area contributed by atoms with E-state index in [0.29, 0.717) is 15.8 Å². The lowest BCUT2D eigenvalue weighted by atomic mass is 10.1. The minimum atomic E-state index is -1.10. The molecule has 4 rings (SSSR count). The van der Waals surface area contributed by atoms with Crippen LogP contribution in [0.15, 0.2) is 70.7 Å². The monoisotopic (exact) mass is 404 g/mol. The summed E-state index contributed by atoms with van der Waals surface area (Å²) in [6.07, 6.45) is 2.45. The molecular formula is C21H16N4O3S. The number of benzene rings is 2. The number of rotatable bonds is 4. The number of hydrogen-bond acceptors (Lipinski definition) is 5. The number of nitrogens with one attached hydrogen (secondary N) is 2. The Morgan fingerprint density at radius 3 is 2.93 bits per heavy atom. The third-order valence-corrected chi connectivity index (χ3v) is 5.13. The number of amidine groups is 1. The van der Waals surface area contributed by atoms with Crippen LogP contribution in [0.5, 0.6) is 0 Å². The Hall–Kier alpha value is -3.65. The zero-order valence-corrected chi connectivity index (χ0v) is 15.9. The van der Waals surface area contributed by atoms with Crippen LogP contribution in [0.3, 0.4) is 0 Å². The molecule has 0 radical (unpaired) electrons. The first kappa shape index (κ1) is 18.7. The number of carbonyl (C=O) groups excluding carboxylic acids is 1. The summed E-state index contributed by atoms with van der Waals surface area (Å²) in [6, 6.07) is 16.8. The molecule has 8 heteroatoms. The molecule has 0 atom stereocenters. The van der Waals surface area contributed by atoms with Crippen LogP contribution in [0.2, 0.25) is 0 Å². The lowest BCUT2D eigenvalue weighted by Gasteiger charge is -2.05. The van der Waals surface area contributed by atoms with Crippen LogP contribution in [-0.2, 0) is 11.3 Å². The number of nitrogens with zero attached hydrogens (tertiary/aromatic N) is 2. The van der Waals surface area contributed by atoms with Gasteiger partial charge in [-0.25, -0.2) is 9.79 Å². The molecule has 3 aromatic rings. The minimum Gasteiger partial charge on any atom is -0.465 e. The molecule has 0 aliphatic carbocycles. The minimum absolute atomic E-state index is 0.134. The fourth-order valence-corrected chi connectivity index (χ4v) is 3.70. The molecule has 1 aliphatic rings. The summed E-state index contributed by atoms with van der Waals surface area (Å²) in [5.74, 6) is -0.221. The summed E-state index contributed by atoms with van der Waals surface area (Å²) < 4.78 is 0. The molecular weight excluding hydrogens is 388 g/mol. The van der Waals surface area contributed by atoms with Crippen molar-refractivity contribution in [2.45, 2.75) is 6.54 Å². The van der Waals surface area contributed by atoms with Crippen LogP contribution >= 0.6 is 11.8 Å². The number of thioether (sulfide) groups is 1. The van der Waals surface area contributed by atoms with Crippen molar-refractivity contribution >= 4 is 51.6 Å². The maximum Gasteiger partial charge on any atom is 0.404 e. The lowest BCUT2D eigenvalue weighted by molar-refractivity contribution is -0.115. The van der Waals surface area contributed by atoms with Crippen molar-refractivity contribution in [2.24, 2.45) is 4.99 Å². The average molecular weight is 404 g/mol. The number of hydrogen-bond donors (Lipinski definition) is 3. The fraction of sp³-hybridized carbons (Fsp3) is 0.0476. The molecule has 29 heavy (non-hydrogen) atoms. The third-order valence-electron chi connectivity index (χ3n) is 4.22. The average Bonchev–Trinajstić information content (AvgIpc) is 3.06. The number of aliphatic imine (C=N–C) groups is 1. The van der Waals surface area contributed by atoms with E-state index in [9.17, 15) is 9.59 Å². The van der Waals surface area contributed by atoms with Gasteiger partial charge in [-0.1, -0.05) is 30.3 Å². The molecule has 2 aromatic carbocycles. The third kappa shape index (κ3) is 4.44. The molecule has 3 N–H and O–H groups in total. The Morgan fingerprint density at radius 2 is 2.07 bits per heavy atom. The van der Waals surface area contributed by atoms with Crippen molar-refractivity contribution < 1.29 is 14.7 Å². The van der Waals surface area contributed by atoms with Crippen LogP contribution in [0.1, 0.15) is 11.1 Å².